The summed E-state index contributed by atoms with van der Waals surface area (Å²) in [6.45, 7) is 1.65. The minimum atomic E-state index is -0.703. The first-order valence-corrected chi connectivity index (χ1v) is 7.36. The maximum absolute atomic E-state index is 12.3. The predicted molar refractivity (Wildman–Crippen MR) is 71.3 cm³/mol. The van der Waals surface area contributed by atoms with E-state index in [0.29, 0.717) is 19.5 Å². The zero-order valence-corrected chi connectivity index (χ0v) is 11.9. The van der Waals surface area contributed by atoms with Crippen LogP contribution in [0.1, 0.15) is 11.3 Å². The zero-order valence-electron chi connectivity index (χ0n) is 9.53. The molecular weight excluding hydrogens is 318 g/mol. The van der Waals surface area contributed by atoms with Crippen molar-refractivity contribution in [1.82, 2.24) is 15.5 Å². The highest BCUT2D eigenvalue weighted by Gasteiger charge is 2.52. The molecule has 2 aliphatic heterocycles. The Hall–Kier alpha value is -0.920. The van der Waals surface area contributed by atoms with Gasteiger partial charge in [-0.3, -0.25) is 9.69 Å². The van der Waals surface area contributed by atoms with E-state index in [1.165, 1.54) is 16.2 Å². The van der Waals surface area contributed by atoms with Gasteiger partial charge in [-0.25, -0.2) is 4.79 Å². The standard InChI is InChI=1S/C11H12BrN3O2S/c12-7-3-8(18-5-7)4-15-9(16)11(14-10(15)17)1-2-13-6-11/h3,5,13H,1-2,4,6H2,(H,14,17). The van der Waals surface area contributed by atoms with E-state index in [-0.39, 0.29) is 11.9 Å². The summed E-state index contributed by atoms with van der Waals surface area (Å²) in [7, 11) is 0. The molecule has 0 aromatic carbocycles. The molecule has 1 unspecified atom stereocenters. The van der Waals surface area contributed by atoms with Crippen LogP contribution in [0.25, 0.3) is 0 Å². The van der Waals surface area contributed by atoms with Gasteiger partial charge in [0.05, 0.1) is 6.54 Å². The van der Waals surface area contributed by atoms with Crippen molar-refractivity contribution < 1.29 is 9.59 Å². The number of nitrogens with one attached hydrogen (secondary N) is 2. The molecule has 1 atom stereocenters. The van der Waals surface area contributed by atoms with Gasteiger partial charge in [0.2, 0.25) is 0 Å². The van der Waals surface area contributed by atoms with Gasteiger partial charge in [-0.1, -0.05) is 0 Å². The van der Waals surface area contributed by atoms with E-state index in [1.54, 1.807) is 0 Å². The summed E-state index contributed by atoms with van der Waals surface area (Å²) in [5.41, 5.74) is -0.703. The fraction of sp³-hybridized carbons (Fsp3) is 0.455. The van der Waals surface area contributed by atoms with Crippen LogP contribution < -0.4 is 10.6 Å². The molecule has 1 aromatic rings. The van der Waals surface area contributed by atoms with E-state index in [1.807, 2.05) is 11.4 Å². The second kappa shape index (κ2) is 4.32. The van der Waals surface area contributed by atoms with Crippen LogP contribution in [0.15, 0.2) is 15.9 Å². The van der Waals surface area contributed by atoms with Crippen LogP contribution in [0, 0.1) is 0 Å². The van der Waals surface area contributed by atoms with Crippen molar-refractivity contribution in [1.29, 1.82) is 0 Å². The molecule has 2 saturated heterocycles. The molecule has 5 nitrogen and oxygen atoms in total. The molecule has 0 aliphatic carbocycles. The van der Waals surface area contributed by atoms with Gasteiger partial charge in [-0.05, 0) is 35.0 Å². The Labute approximate surface area is 117 Å². The number of hydrogen-bond donors (Lipinski definition) is 2. The highest BCUT2D eigenvalue weighted by Crippen LogP contribution is 2.27. The summed E-state index contributed by atoms with van der Waals surface area (Å²) in [6.07, 6.45) is 0.669. The molecule has 3 rings (SSSR count). The first-order valence-electron chi connectivity index (χ1n) is 5.68. The smallest absolute Gasteiger partial charge is 0.322 e. The topological polar surface area (TPSA) is 61.4 Å². The number of halogens is 1. The Kier molecular flexibility index (Phi) is 2.91. The summed E-state index contributed by atoms with van der Waals surface area (Å²) >= 11 is 4.90. The molecule has 0 saturated carbocycles. The maximum Gasteiger partial charge on any atom is 0.325 e. The molecule has 3 heterocycles. The third kappa shape index (κ3) is 1.86. The average Bonchev–Trinajstić information content (AvgIpc) is 2.99. The van der Waals surface area contributed by atoms with Gasteiger partial charge in [0, 0.05) is 21.3 Å². The lowest BCUT2D eigenvalue weighted by atomic mass is 9.99. The SMILES string of the molecule is O=C1NC2(CCNC2)C(=O)N1Cc1cc(Br)cs1. The molecule has 0 radical (unpaired) electrons. The van der Waals surface area contributed by atoms with Gasteiger partial charge in [-0.15, -0.1) is 11.3 Å². The van der Waals surface area contributed by atoms with E-state index in [0.717, 1.165) is 15.9 Å². The zero-order chi connectivity index (χ0) is 12.8. The molecule has 7 heteroatoms. The number of carbonyl (C=O) groups excluding carboxylic acids is 2. The van der Waals surface area contributed by atoms with E-state index >= 15 is 0 Å². The summed E-state index contributed by atoms with van der Waals surface area (Å²) in [5, 5.41) is 7.90. The second-order valence-corrected chi connectivity index (χ2v) is 6.47. The average molecular weight is 330 g/mol. The number of hydrogen-bond acceptors (Lipinski definition) is 4. The molecule has 0 bridgehead atoms. The van der Waals surface area contributed by atoms with Crippen molar-refractivity contribution in [2.75, 3.05) is 13.1 Å². The normalized spacial score (nSPS) is 27.3. The van der Waals surface area contributed by atoms with Crippen molar-refractivity contribution in [2.45, 2.75) is 18.5 Å². The van der Waals surface area contributed by atoms with Crippen LogP contribution in [0.2, 0.25) is 0 Å². The van der Waals surface area contributed by atoms with Gasteiger partial charge >= 0.3 is 6.03 Å². The van der Waals surface area contributed by atoms with E-state index in [2.05, 4.69) is 26.6 Å². The maximum atomic E-state index is 12.3. The van der Waals surface area contributed by atoms with Crippen molar-refractivity contribution in [3.63, 3.8) is 0 Å². The molecular formula is C11H12BrN3O2S. The number of carbonyl (C=O) groups is 2. The monoisotopic (exact) mass is 329 g/mol. The van der Waals surface area contributed by atoms with Crippen molar-refractivity contribution in [2.24, 2.45) is 0 Å². The Morgan fingerprint density at radius 1 is 1.50 bits per heavy atom. The Bertz CT molecular complexity index is 510. The van der Waals surface area contributed by atoms with E-state index < -0.39 is 5.54 Å². The molecule has 96 valence electrons. The van der Waals surface area contributed by atoms with E-state index in [9.17, 15) is 9.59 Å². The lowest BCUT2D eigenvalue weighted by molar-refractivity contribution is -0.131. The molecule has 18 heavy (non-hydrogen) atoms. The summed E-state index contributed by atoms with van der Waals surface area (Å²) < 4.78 is 0.979. The molecule has 3 amide bonds. The van der Waals surface area contributed by atoms with E-state index in [4.69, 9.17) is 0 Å². The van der Waals surface area contributed by atoms with Crippen LogP contribution in [-0.2, 0) is 11.3 Å². The van der Waals surface area contributed by atoms with Gasteiger partial charge in [0.15, 0.2) is 0 Å². The second-order valence-electron chi connectivity index (χ2n) is 4.56. The van der Waals surface area contributed by atoms with Crippen LogP contribution >= 0.6 is 27.3 Å². The third-order valence-corrected chi connectivity index (χ3v) is 5.02. The fourth-order valence-corrected chi connectivity index (χ4v) is 3.83. The molecule has 1 spiro atoms. The summed E-state index contributed by atoms with van der Waals surface area (Å²) in [5.74, 6) is -0.109. The fourth-order valence-electron chi connectivity index (χ4n) is 2.39. The van der Waals surface area contributed by atoms with Crippen LogP contribution in [0.5, 0.6) is 0 Å². The first-order chi connectivity index (χ1) is 8.61. The minimum Gasteiger partial charge on any atom is -0.322 e. The number of amides is 3. The van der Waals surface area contributed by atoms with Crippen LogP contribution in [0.3, 0.4) is 0 Å². The number of nitrogens with zero attached hydrogens (tertiary/aromatic N) is 1. The van der Waals surface area contributed by atoms with Gasteiger partial charge in [0.1, 0.15) is 5.54 Å². The Balaban J connectivity index is 1.80. The van der Waals surface area contributed by atoms with Crippen molar-refractivity contribution in [3.8, 4) is 0 Å². The van der Waals surface area contributed by atoms with Crippen molar-refractivity contribution >= 4 is 39.2 Å². The molecule has 2 N–H and O–H groups in total. The highest BCUT2D eigenvalue weighted by atomic mass is 79.9. The number of rotatable bonds is 2. The highest BCUT2D eigenvalue weighted by molar-refractivity contribution is 9.10. The third-order valence-electron chi connectivity index (χ3n) is 3.34. The van der Waals surface area contributed by atoms with Crippen LogP contribution in [-0.4, -0.2) is 35.5 Å². The number of thiophene rings is 1. The molecule has 2 fully saturated rings. The van der Waals surface area contributed by atoms with Gasteiger partial charge in [0.25, 0.3) is 5.91 Å². The lowest BCUT2D eigenvalue weighted by Crippen LogP contribution is -2.48. The largest absolute Gasteiger partial charge is 0.325 e. The summed E-state index contributed by atoms with van der Waals surface area (Å²) in [4.78, 5) is 26.6. The first kappa shape index (κ1) is 12.1. The Morgan fingerprint density at radius 3 is 2.94 bits per heavy atom. The minimum absolute atomic E-state index is 0.109. The quantitative estimate of drug-likeness (QED) is 0.804. The number of urea groups is 1. The van der Waals surface area contributed by atoms with Crippen LogP contribution in [0.4, 0.5) is 4.79 Å². The summed E-state index contributed by atoms with van der Waals surface area (Å²) in [6, 6.07) is 1.65. The number of imide groups is 1. The Morgan fingerprint density at radius 2 is 2.33 bits per heavy atom. The van der Waals surface area contributed by atoms with Crippen molar-refractivity contribution in [3.05, 3.63) is 20.8 Å². The van der Waals surface area contributed by atoms with Gasteiger partial charge < -0.3 is 10.6 Å². The lowest BCUT2D eigenvalue weighted by Gasteiger charge is -2.18. The predicted octanol–water partition coefficient (Wildman–Crippen LogP) is 1.29. The van der Waals surface area contributed by atoms with Gasteiger partial charge in [-0.2, -0.15) is 0 Å². The molecule has 2 aliphatic rings. The molecule has 1 aromatic heterocycles.